The van der Waals surface area contributed by atoms with Crippen LogP contribution in [0.15, 0.2) is 18.2 Å². The molecule has 1 N–H and O–H groups in total. The molecule has 0 aliphatic carbocycles. The van der Waals surface area contributed by atoms with Gasteiger partial charge in [-0.3, -0.25) is 4.79 Å². The van der Waals surface area contributed by atoms with Gasteiger partial charge in [0.15, 0.2) is 0 Å². The van der Waals surface area contributed by atoms with Gasteiger partial charge in [-0.15, -0.1) is 0 Å². The summed E-state index contributed by atoms with van der Waals surface area (Å²) in [6.45, 7) is 5.69. The second-order valence-electron chi connectivity index (χ2n) is 4.81. The van der Waals surface area contributed by atoms with Crippen molar-refractivity contribution in [1.82, 2.24) is 9.78 Å². The summed E-state index contributed by atoms with van der Waals surface area (Å²) < 4.78 is 7.11. The third-order valence-corrected chi connectivity index (χ3v) is 3.33. The number of aryl methyl sites for hydroxylation is 2. The van der Waals surface area contributed by atoms with Gasteiger partial charge in [-0.1, -0.05) is 6.07 Å². The van der Waals surface area contributed by atoms with Crippen LogP contribution < -0.4 is 4.74 Å². The molecular weight excluding hydrogens is 256 g/mol. The molecule has 0 atom stereocenters. The fourth-order valence-electron chi connectivity index (χ4n) is 2.28. The van der Waals surface area contributed by atoms with Gasteiger partial charge < -0.3 is 9.84 Å². The number of hydrogen-bond donors (Lipinski definition) is 1. The van der Waals surface area contributed by atoms with E-state index < -0.39 is 5.97 Å². The summed E-state index contributed by atoms with van der Waals surface area (Å²) in [4.78, 5) is 10.9. The van der Waals surface area contributed by atoms with E-state index in [9.17, 15) is 4.79 Å². The number of rotatable bonds is 4. The monoisotopic (exact) mass is 274 g/mol. The van der Waals surface area contributed by atoms with Crippen molar-refractivity contribution in [3.8, 4) is 11.4 Å². The number of aliphatic carboxylic acids is 1. The maximum atomic E-state index is 10.9. The zero-order valence-electron chi connectivity index (χ0n) is 12.1. The highest BCUT2D eigenvalue weighted by Crippen LogP contribution is 2.27. The molecule has 1 aromatic carbocycles. The van der Waals surface area contributed by atoms with E-state index in [0.717, 1.165) is 28.2 Å². The number of nitrogens with zero attached hydrogens (tertiary/aromatic N) is 2. The number of aromatic nitrogens is 2. The summed E-state index contributed by atoms with van der Waals surface area (Å²) in [7, 11) is 1.61. The Morgan fingerprint density at radius 3 is 2.65 bits per heavy atom. The van der Waals surface area contributed by atoms with Crippen LogP contribution >= 0.6 is 0 Å². The first-order valence-corrected chi connectivity index (χ1v) is 6.36. The van der Waals surface area contributed by atoms with Crippen molar-refractivity contribution in [2.45, 2.75) is 27.2 Å². The number of benzene rings is 1. The largest absolute Gasteiger partial charge is 0.494 e. The third kappa shape index (κ3) is 2.52. The summed E-state index contributed by atoms with van der Waals surface area (Å²) in [5.74, 6) is -0.143. The van der Waals surface area contributed by atoms with Crippen LogP contribution in [0, 0.1) is 20.8 Å². The van der Waals surface area contributed by atoms with Crippen molar-refractivity contribution >= 4 is 5.97 Å². The minimum atomic E-state index is -0.855. The molecule has 0 spiro atoms. The van der Waals surface area contributed by atoms with Crippen LogP contribution in [0.25, 0.3) is 5.69 Å². The lowest BCUT2D eigenvalue weighted by Gasteiger charge is -2.11. The molecule has 1 aromatic heterocycles. The molecule has 0 unspecified atom stereocenters. The Labute approximate surface area is 117 Å². The van der Waals surface area contributed by atoms with Crippen LogP contribution in [-0.4, -0.2) is 28.0 Å². The van der Waals surface area contributed by atoms with E-state index in [1.54, 1.807) is 11.8 Å². The second-order valence-corrected chi connectivity index (χ2v) is 4.81. The second kappa shape index (κ2) is 5.36. The predicted octanol–water partition coefficient (Wildman–Crippen LogP) is 2.43. The fourth-order valence-corrected chi connectivity index (χ4v) is 2.28. The Bertz CT molecular complexity index is 659. The first kappa shape index (κ1) is 14.1. The van der Waals surface area contributed by atoms with Crippen molar-refractivity contribution < 1.29 is 14.6 Å². The fraction of sp³-hybridized carbons (Fsp3) is 0.333. The summed E-state index contributed by atoms with van der Waals surface area (Å²) in [6.07, 6.45) is -0.0220. The summed E-state index contributed by atoms with van der Waals surface area (Å²) in [6, 6.07) is 5.83. The molecular formula is C15H18N2O3. The molecule has 5 heteroatoms. The van der Waals surface area contributed by atoms with Crippen LogP contribution in [0.2, 0.25) is 0 Å². The molecule has 0 amide bonds. The van der Waals surface area contributed by atoms with Gasteiger partial charge in [0.25, 0.3) is 0 Å². The van der Waals surface area contributed by atoms with Crippen molar-refractivity contribution in [3.05, 3.63) is 40.7 Å². The van der Waals surface area contributed by atoms with E-state index in [-0.39, 0.29) is 6.42 Å². The van der Waals surface area contributed by atoms with Gasteiger partial charge in [0.2, 0.25) is 0 Å². The molecule has 2 aromatic rings. The zero-order chi connectivity index (χ0) is 14.9. The highest BCUT2D eigenvalue weighted by molar-refractivity contribution is 5.71. The lowest BCUT2D eigenvalue weighted by atomic mass is 10.1. The van der Waals surface area contributed by atoms with E-state index in [2.05, 4.69) is 5.10 Å². The highest BCUT2D eigenvalue weighted by Gasteiger charge is 2.17. The Morgan fingerprint density at radius 1 is 1.35 bits per heavy atom. The SMILES string of the molecule is COc1ccc(C)cc1-n1nc(C)c(CC(=O)O)c1C. The summed E-state index contributed by atoms with van der Waals surface area (Å²) in [5.41, 5.74) is 4.22. The molecule has 0 bridgehead atoms. The number of carboxylic acids is 1. The average Bonchev–Trinajstić information content (AvgIpc) is 2.66. The van der Waals surface area contributed by atoms with E-state index >= 15 is 0 Å². The lowest BCUT2D eigenvalue weighted by Crippen LogP contribution is -2.05. The normalized spacial score (nSPS) is 10.6. The van der Waals surface area contributed by atoms with Crippen LogP contribution in [0.3, 0.4) is 0 Å². The molecule has 0 saturated carbocycles. The van der Waals surface area contributed by atoms with E-state index in [1.807, 2.05) is 39.0 Å². The lowest BCUT2D eigenvalue weighted by molar-refractivity contribution is -0.136. The number of carbonyl (C=O) groups is 1. The molecule has 0 fully saturated rings. The topological polar surface area (TPSA) is 64.4 Å². The van der Waals surface area contributed by atoms with Gasteiger partial charge in [0.1, 0.15) is 11.4 Å². The smallest absolute Gasteiger partial charge is 0.307 e. The van der Waals surface area contributed by atoms with Crippen LogP contribution in [0.1, 0.15) is 22.5 Å². The Balaban J connectivity index is 2.59. The molecule has 2 rings (SSSR count). The molecule has 106 valence electrons. The predicted molar refractivity (Wildman–Crippen MR) is 75.7 cm³/mol. The van der Waals surface area contributed by atoms with Crippen molar-refractivity contribution in [2.75, 3.05) is 7.11 Å². The molecule has 0 aliphatic rings. The number of ether oxygens (including phenoxy) is 1. The van der Waals surface area contributed by atoms with Crippen molar-refractivity contribution in [1.29, 1.82) is 0 Å². The number of hydrogen-bond acceptors (Lipinski definition) is 3. The maximum absolute atomic E-state index is 10.9. The average molecular weight is 274 g/mol. The van der Waals surface area contributed by atoms with Crippen molar-refractivity contribution in [3.63, 3.8) is 0 Å². The standard InChI is InChI=1S/C15H18N2O3/c1-9-5-6-14(20-4)13(7-9)17-11(3)12(8-15(18)19)10(2)16-17/h5-7H,8H2,1-4H3,(H,18,19). The van der Waals surface area contributed by atoms with Gasteiger partial charge in [-0.05, 0) is 38.5 Å². The van der Waals surface area contributed by atoms with Crippen LogP contribution in [0.4, 0.5) is 0 Å². The molecule has 0 radical (unpaired) electrons. The van der Waals surface area contributed by atoms with Crippen LogP contribution in [-0.2, 0) is 11.2 Å². The minimum absolute atomic E-state index is 0.0220. The molecule has 0 saturated heterocycles. The summed E-state index contributed by atoms with van der Waals surface area (Å²) in [5, 5.41) is 13.4. The number of carboxylic acid groups (broad SMARTS) is 1. The van der Waals surface area contributed by atoms with Crippen molar-refractivity contribution in [2.24, 2.45) is 0 Å². The van der Waals surface area contributed by atoms with Gasteiger partial charge >= 0.3 is 5.97 Å². The van der Waals surface area contributed by atoms with Gasteiger partial charge in [0, 0.05) is 11.3 Å². The quantitative estimate of drug-likeness (QED) is 0.930. The summed E-state index contributed by atoms with van der Waals surface area (Å²) >= 11 is 0. The van der Waals surface area contributed by atoms with Gasteiger partial charge in [-0.25, -0.2) is 4.68 Å². The molecule has 20 heavy (non-hydrogen) atoms. The molecule has 0 aliphatic heterocycles. The Kier molecular flexibility index (Phi) is 3.79. The highest BCUT2D eigenvalue weighted by atomic mass is 16.5. The van der Waals surface area contributed by atoms with Gasteiger partial charge in [-0.2, -0.15) is 5.10 Å². The van der Waals surface area contributed by atoms with Gasteiger partial charge in [0.05, 0.1) is 19.2 Å². The molecule has 5 nitrogen and oxygen atoms in total. The first-order chi connectivity index (χ1) is 9.43. The van der Waals surface area contributed by atoms with E-state index in [1.165, 1.54) is 0 Å². The Morgan fingerprint density at radius 2 is 2.05 bits per heavy atom. The zero-order valence-corrected chi connectivity index (χ0v) is 12.1. The van der Waals surface area contributed by atoms with E-state index in [0.29, 0.717) is 5.75 Å². The minimum Gasteiger partial charge on any atom is -0.494 e. The maximum Gasteiger partial charge on any atom is 0.307 e. The molecule has 1 heterocycles. The first-order valence-electron chi connectivity index (χ1n) is 6.36. The number of methoxy groups -OCH3 is 1. The third-order valence-electron chi connectivity index (χ3n) is 3.33. The Hall–Kier alpha value is -2.30. The van der Waals surface area contributed by atoms with E-state index in [4.69, 9.17) is 9.84 Å². The van der Waals surface area contributed by atoms with Crippen LogP contribution in [0.5, 0.6) is 5.75 Å².